The van der Waals surface area contributed by atoms with Crippen molar-refractivity contribution in [2.45, 2.75) is 62.0 Å². The topological polar surface area (TPSA) is 84.5 Å². The summed E-state index contributed by atoms with van der Waals surface area (Å²) < 4.78 is 32.6. The minimum Gasteiger partial charge on any atom is -0.373 e. The molecule has 2 fully saturated rings. The summed E-state index contributed by atoms with van der Waals surface area (Å²) in [4.78, 5) is 12.6. The van der Waals surface area contributed by atoms with Crippen LogP contribution in [0, 0.1) is 0 Å². The Morgan fingerprint density at radius 2 is 1.92 bits per heavy atom. The van der Waals surface area contributed by atoms with Gasteiger partial charge in [0.05, 0.1) is 23.1 Å². The first-order valence-electron chi connectivity index (χ1n) is 8.99. The summed E-state index contributed by atoms with van der Waals surface area (Å²) in [7, 11) is -3.50. The second-order valence-electron chi connectivity index (χ2n) is 7.00. The van der Waals surface area contributed by atoms with E-state index in [0.29, 0.717) is 18.7 Å². The molecule has 1 aromatic carbocycles. The van der Waals surface area contributed by atoms with Crippen molar-refractivity contribution in [3.8, 4) is 0 Å². The Kier molecular flexibility index (Phi) is 5.46. The van der Waals surface area contributed by atoms with E-state index < -0.39 is 10.0 Å². The number of hydrogen-bond acceptors (Lipinski definition) is 4. The first-order valence-corrected chi connectivity index (χ1v) is 10.5. The lowest BCUT2D eigenvalue weighted by Crippen LogP contribution is -2.36. The Bertz CT molecular complexity index is 709. The third kappa shape index (κ3) is 4.22. The van der Waals surface area contributed by atoms with Gasteiger partial charge >= 0.3 is 0 Å². The van der Waals surface area contributed by atoms with E-state index in [4.69, 9.17) is 4.74 Å². The Morgan fingerprint density at radius 3 is 2.56 bits per heavy atom. The molecule has 138 valence electrons. The zero-order valence-corrected chi connectivity index (χ0v) is 15.4. The lowest BCUT2D eigenvalue weighted by molar-refractivity contribution is 0.00988. The highest BCUT2D eigenvalue weighted by atomic mass is 32.2. The van der Waals surface area contributed by atoms with Crippen LogP contribution in [0.1, 0.15) is 55.8 Å². The molecule has 0 bridgehead atoms. The van der Waals surface area contributed by atoms with Crippen molar-refractivity contribution in [1.82, 2.24) is 10.0 Å². The molecule has 6 nitrogen and oxygen atoms in total. The van der Waals surface area contributed by atoms with Gasteiger partial charge in [0, 0.05) is 12.1 Å². The fraction of sp³-hybridized carbons (Fsp3) is 0.611. The highest BCUT2D eigenvalue weighted by Crippen LogP contribution is 2.40. The van der Waals surface area contributed by atoms with E-state index in [1.165, 1.54) is 25.0 Å². The fourth-order valence-corrected chi connectivity index (χ4v) is 4.81. The number of sulfonamides is 1. The zero-order valence-electron chi connectivity index (χ0n) is 14.6. The van der Waals surface area contributed by atoms with Crippen molar-refractivity contribution in [3.63, 3.8) is 0 Å². The lowest BCUT2D eigenvalue weighted by atomic mass is 9.96. The second-order valence-corrected chi connectivity index (χ2v) is 8.76. The monoisotopic (exact) mass is 366 g/mol. The van der Waals surface area contributed by atoms with E-state index in [1.54, 1.807) is 12.1 Å². The van der Waals surface area contributed by atoms with Gasteiger partial charge in [-0.2, -0.15) is 0 Å². The van der Waals surface area contributed by atoms with Crippen molar-refractivity contribution in [1.29, 1.82) is 0 Å². The summed E-state index contributed by atoms with van der Waals surface area (Å²) in [5.74, 6) is -0.186. The highest BCUT2D eigenvalue weighted by Gasteiger charge is 2.42. The van der Waals surface area contributed by atoms with E-state index >= 15 is 0 Å². The molecule has 1 aliphatic carbocycles. The van der Waals surface area contributed by atoms with Crippen molar-refractivity contribution in [3.05, 3.63) is 29.8 Å². The lowest BCUT2D eigenvalue weighted by Gasteiger charge is -2.21. The predicted octanol–water partition coefficient (Wildman–Crippen LogP) is 2.21. The van der Waals surface area contributed by atoms with Gasteiger partial charge in [-0.1, -0.05) is 19.8 Å². The molecule has 25 heavy (non-hydrogen) atoms. The molecule has 1 saturated carbocycles. The van der Waals surface area contributed by atoms with Gasteiger partial charge in [0.1, 0.15) is 0 Å². The molecule has 0 radical (unpaired) electrons. The van der Waals surface area contributed by atoms with Crippen molar-refractivity contribution >= 4 is 15.9 Å². The van der Waals surface area contributed by atoms with Crippen LogP contribution in [-0.2, 0) is 14.8 Å². The second kappa shape index (κ2) is 7.43. The Hall–Kier alpha value is -1.44. The van der Waals surface area contributed by atoms with Crippen LogP contribution < -0.4 is 10.0 Å². The van der Waals surface area contributed by atoms with Crippen LogP contribution in [0.15, 0.2) is 29.2 Å². The molecule has 1 amide bonds. The summed E-state index contributed by atoms with van der Waals surface area (Å²) >= 11 is 0. The van der Waals surface area contributed by atoms with E-state index in [-0.39, 0.29) is 22.4 Å². The number of rotatable bonds is 6. The van der Waals surface area contributed by atoms with Crippen LogP contribution >= 0.6 is 0 Å². The average Bonchev–Trinajstić information content (AvgIpc) is 3.23. The van der Waals surface area contributed by atoms with Gasteiger partial charge in [0.2, 0.25) is 10.0 Å². The number of amides is 1. The van der Waals surface area contributed by atoms with E-state index in [0.717, 1.165) is 25.7 Å². The maximum Gasteiger partial charge on any atom is 0.251 e. The fourth-order valence-electron chi connectivity index (χ4n) is 3.68. The number of carbonyl (C=O) groups is 1. The molecule has 2 N–H and O–H groups in total. The molecule has 1 heterocycles. The molecule has 1 saturated heterocycles. The van der Waals surface area contributed by atoms with E-state index in [9.17, 15) is 13.2 Å². The highest BCUT2D eigenvalue weighted by molar-refractivity contribution is 7.89. The maximum atomic E-state index is 12.4. The molecular weight excluding hydrogens is 340 g/mol. The summed E-state index contributed by atoms with van der Waals surface area (Å²) in [5.41, 5.74) is 0.433. The SMILES string of the molecule is CCCNS(=O)(=O)c1ccc(C(=O)NC2COC3(CCCC3)C2)cc1. The standard InChI is InChI=1S/C18H26N2O4S/c1-2-11-19-25(22,23)16-7-5-14(6-8-16)17(21)20-15-12-18(24-13-15)9-3-4-10-18/h5-8,15,19H,2-4,9-13H2,1H3,(H,20,21). The van der Waals surface area contributed by atoms with Crippen LogP contribution in [0.3, 0.4) is 0 Å². The Morgan fingerprint density at radius 1 is 1.24 bits per heavy atom. The van der Waals surface area contributed by atoms with Crippen molar-refractivity contribution < 1.29 is 17.9 Å². The zero-order chi connectivity index (χ0) is 17.9. The Labute approximate surface area is 149 Å². The van der Waals surface area contributed by atoms with Crippen molar-refractivity contribution in [2.75, 3.05) is 13.2 Å². The van der Waals surface area contributed by atoms with Crippen molar-refractivity contribution in [2.24, 2.45) is 0 Å². The van der Waals surface area contributed by atoms with Gasteiger partial charge < -0.3 is 10.1 Å². The quantitative estimate of drug-likeness (QED) is 0.808. The van der Waals surface area contributed by atoms with Gasteiger partial charge in [-0.05, 0) is 49.9 Å². The van der Waals surface area contributed by atoms with E-state index in [1.807, 2.05) is 6.92 Å². The molecular formula is C18H26N2O4S. The number of carbonyl (C=O) groups excluding carboxylic acids is 1. The molecule has 0 aromatic heterocycles. The first kappa shape index (κ1) is 18.4. The van der Waals surface area contributed by atoms with Crippen LogP contribution in [0.25, 0.3) is 0 Å². The van der Waals surface area contributed by atoms with E-state index in [2.05, 4.69) is 10.0 Å². The smallest absolute Gasteiger partial charge is 0.251 e. The van der Waals surface area contributed by atoms with Crippen LogP contribution in [-0.4, -0.2) is 39.1 Å². The van der Waals surface area contributed by atoms with Gasteiger partial charge in [-0.15, -0.1) is 0 Å². The van der Waals surface area contributed by atoms with Gasteiger partial charge in [-0.25, -0.2) is 13.1 Å². The Balaban J connectivity index is 1.60. The number of nitrogens with one attached hydrogen (secondary N) is 2. The third-order valence-corrected chi connectivity index (χ3v) is 6.50. The molecule has 7 heteroatoms. The molecule has 1 unspecified atom stereocenters. The summed E-state index contributed by atoms with van der Waals surface area (Å²) in [6.45, 7) is 2.85. The van der Waals surface area contributed by atoms with Crippen LogP contribution in [0.5, 0.6) is 0 Å². The number of benzene rings is 1. The molecule has 1 aromatic rings. The summed E-state index contributed by atoms with van der Waals surface area (Å²) in [5, 5.41) is 3.01. The van der Waals surface area contributed by atoms with Gasteiger partial charge in [0.15, 0.2) is 0 Å². The normalized spacial score (nSPS) is 22.4. The minimum absolute atomic E-state index is 0.0270. The minimum atomic E-state index is -3.50. The molecule has 1 spiro atoms. The predicted molar refractivity (Wildman–Crippen MR) is 94.9 cm³/mol. The summed E-state index contributed by atoms with van der Waals surface area (Å²) in [6, 6.07) is 6.07. The van der Waals surface area contributed by atoms with Crippen LogP contribution in [0.2, 0.25) is 0 Å². The van der Waals surface area contributed by atoms with Gasteiger partial charge in [0.25, 0.3) is 5.91 Å². The number of ether oxygens (including phenoxy) is 1. The molecule has 1 atom stereocenters. The summed E-state index contributed by atoms with van der Waals surface area (Å²) in [6.07, 6.45) is 6.15. The van der Waals surface area contributed by atoms with Gasteiger partial charge in [-0.3, -0.25) is 4.79 Å². The molecule has 3 rings (SSSR count). The average molecular weight is 366 g/mol. The maximum absolute atomic E-state index is 12.4. The number of hydrogen-bond donors (Lipinski definition) is 2. The largest absolute Gasteiger partial charge is 0.373 e. The van der Waals surface area contributed by atoms with Crippen LogP contribution in [0.4, 0.5) is 0 Å². The first-order chi connectivity index (χ1) is 11.9. The third-order valence-electron chi connectivity index (χ3n) is 5.03. The molecule has 2 aliphatic rings. The molecule has 1 aliphatic heterocycles.